The molecule has 4 nitrogen and oxygen atoms in total. The number of rotatable bonds is 2. The van der Waals surface area contributed by atoms with Crippen molar-refractivity contribution in [3.63, 3.8) is 0 Å². The molecule has 21 heavy (non-hydrogen) atoms. The second kappa shape index (κ2) is 5.27. The number of carbonyl (C=O) groups is 1. The van der Waals surface area contributed by atoms with E-state index in [0.717, 1.165) is 10.0 Å². The molecule has 0 fully saturated rings. The van der Waals surface area contributed by atoms with Crippen LogP contribution in [0.25, 0.3) is 11.0 Å². The van der Waals surface area contributed by atoms with Gasteiger partial charge in [0.25, 0.3) is 0 Å². The van der Waals surface area contributed by atoms with Gasteiger partial charge in [-0.15, -0.1) is 0 Å². The number of nitrogens with one attached hydrogen (secondary N) is 2. The zero-order valence-electron chi connectivity index (χ0n) is 11.0. The van der Waals surface area contributed by atoms with E-state index in [2.05, 4.69) is 41.8 Å². The lowest BCUT2D eigenvalue weighted by atomic mass is 10.0. The van der Waals surface area contributed by atoms with Crippen LogP contribution in [0.15, 0.2) is 44.1 Å². The van der Waals surface area contributed by atoms with Gasteiger partial charge in [-0.3, -0.25) is 4.79 Å². The first-order valence-electron chi connectivity index (χ1n) is 6.18. The Kier molecular flexibility index (Phi) is 3.59. The minimum absolute atomic E-state index is 0.0959. The van der Waals surface area contributed by atoms with E-state index >= 15 is 0 Å². The number of aromatic amines is 2. The summed E-state index contributed by atoms with van der Waals surface area (Å²) in [6.07, 6.45) is 0. The maximum atomic E-state index is 12.6. The zero-order valence-corrected chi connectivity index (χ0v) is 14.1. The number of H-pyrrole nitrogens is 2. The molecule has 1 heterocycles. The minimum atomic E-state index is -0.291. The number of benzene rings is 2. The highest BCUT2D eigenvalue weighted by Gasteiger charge is 2.15. The van der Waals surface area contributed by atoms with Crippen LogP contribution in [0.4, 0.5) is 0 Å². The number of halogens is 2. The Hall–Kier alpha value is -1.66. The molecule has 6 heteroatoms. The quantitative estimate of drug-likeness (QED) is 0.630. The Morgan fingerprint density at radius 1 is 1.00 bits per heavy atom. The summed E-state index contributed by atoms with van der Waals surface area (Å²) >= 11 is 6.81. The van der Waals surface area contributed by atoms with Crippen molar-refractivity contribution in [1.29, 1.82) is 0 Å². The van der Waals surface area contributed by atoms with Crippen LogP contribution >= 0.6 is 31.9 Å². The summed E-state index contributed by atoms with van der Waals surface area (Å²) in [4.78, 5) is 29.3. The number of ketones is 1. The predicted octanol–water partition coefficient (Wildman–Crippen LogP) is 3.92. The van der Waals surface area contributed by atoms with Crippen molar-refractivity contribution in [1.82, 2.24) is 9.97 Å². The lowest BCUT2D eigenvalue weighted by molar-refractivity contribution is 0.103. The molecule has 3 rings (SSSR count). The first-order valence-corrected chi connectivity index (χ1v) is 7.76. The van der Waals surface area contributed by atoms with E-state index in [-0.39, 0.29) is 11.5 Å². The summed E-state index contributed by atoms with van der Waals surface area (Å²) < 4.78 is 1.61. The minimum Gasteiger partial charge on any atom is -0.306 e. The fraction of sp³-hybridized carbons (Fsp3) is 0.0667. The molecule has 2 aromatic carbocycles. The zero-order chi connectivity index (χ0) is 15.1. The number of imidazole rings is 1. The van der Waals surface area contributed by atoms with Crippen molar-refractivity contribution in [3.8, 4) is 0 Å². The van der Waals surface area contributed by atoms with E-state index in [1.165, 1.54) is 0 Å². The molecular formula is C15H10Br2N2O2. The molecule has 0 aliphatic heterocycles. The maximum Gasteiger partial charge on any atom is 0.323 e. The molecule has 0 aliphatic carbocycles. The summed E-state index contributed by atoms with van der Waals surface area (Å²) in [7, 11) is 0. The third-order valence-corrected chi connectivity index (χ3v) is 4.81. The van der Waals surface area contributed by atoms with Crippen LogP contribution < -0.4 is 5.69 Å². The number of hydrogen-bond donors (Lipinski definition) is 2. The summed E-state index contributed by atoms with van der Waals surface area (Å²) in [5.41, 5.74) is 3.10. The SMILES string of the molecule is Cc1cc(C(=O)c2cc3[nH]c(=O)[nH]c3cc2Br)ccc1Br. The first-order chi connectivity index (χ1) is 9.95. The van der Waals surface area contributed by atoms with Crippen LogP contribution in [-0.4, -0.2) is 15.8 Å². The molecular weight excluding hydrogens is 400 g/mol. The normalized spacial score (nSPS) is 11.0. The summed E-state index contributed by atoms with van der Waals surface area (Å²) in [5.74, 6) is -0.0959. The molecule has 0 saturated heterocycles. The van der Waals surface area contributed by atoms with E-state index in [1.807, 2.05) is 19.1 Å². The number of fused-ring (bicyclic) bond motifs is 1. The Morgan fingerprint density at radius 3 is 2.33 bits per heavy atom. The van der Waals surface area contributed by atoms with Gasteiger partial charge in [-0.05, 0) is 58.7 Å². The van der Waals surface area contributed by atoms with Gasteiger partial charge >= 0.3 is 5.69 Å². The predicted molar refractivity (Wildman–Crippen MR) is 88.9 cm³/mol. The third-order valence-electron chi connectivity index (χ3n) is 3.27. The fourth-order valence-electron chi connectivity index (χ4n) is 2.17. The molecule has 0 radical (unpaired) electrons. The number of aromatic nitrogens is 2. The average Bonchev–Trinajstić information content (AvgIpc) is 2.79. The highest BCUT2D eigenvalue weighted by atomic mass is 79.9. The highest BCUT2D eigenvalue weighted by Crippen LogP contribution is 2.26. The van der Waals surface area contributed by atoms with Crippen LogP contribution in [0, 0.1) is 6.92 Å². The van der Waals surface area contributed by atoms with E-state index in [0.29, 0.717) is 26.6 Å². The van der Waals surface area contributed by atoms with Crippen LogP contribution in [0.3, 0.4) is 0 Å². The molecule has 3 aromatic rings. The standard InChI is InChI=1S/C15H10Br2N2O2/c1-7-4-8(2-3-10(7)16)14(20)9-5-12-13(6-11(9)17)19-15(21)18-12/h2-6H,1H3,(H2,18,19,21). The molecule has 1 aromatic heterocycles. The van der Waals surface area contributed by atoms with Crippen molar-refractivity contribution < 1.29 is 4.79 Å². The fourth-order valence-corrected chi connectivity index (χ4v) is 2.94. The van der Waals surface area contributed by atoms with E-state index in [4.69, 9.17) is 0 Å². The Balaban J connectivity index is 2.14. The molecule has 0 unspecified atom stereocenters. The molecule has 0 spiro atoms. The van der Waals surface area contributed by atoms with Crippen LogP contribution in [0.1, 0.15) is 21.5 Å². The highest BCUT2D eigenvalue weighted by molar-refractivity contribution is 9.10. The van der Waals surface area contributed by atoms with Crippen molar-refractivity contribution >= 4 is 48.7 Å². The molecule has 2 N–H and O–H groups in total. The van der Waals surface area contributed by atoms with Gasteiger partial charge in [-0.2, -0.15) is 0 Å². The van der Waals surface area contributed by atoms with Crippen LogP contribution in [0.2, 0.25) is 0 Å². The van der Waals surface area contributed by atoms with Gasteiger partial charge < -0.3 is 9.97 Å². The monoisotopic (exact) mass is 408 g/mol. The lowest BCUT2D eigenvalue weighted by Crippen LogP contribution is -2.03. The van der Waals surface area contributed by atoms with E-state index in [1.54, 1.807) is 18.2 Å². The number of aryl methyl sites for hydroxylation is 1. The van der Waals surface area contributed by atoms with Gasteiger partial charge in [0.05, 0.1) is 11.0 Å². The van der Waals surface area contributed by atoms with Crippen molar-refractivity contribution in [2.45, 2.75) is 6.92 Å². The average molecular weight is 410 g/mol. The molecule has 0 amide bonds. The van der Waals surface area contributed by atoms with E-state index < -0.39 is 0 Å². The second-order valence-electron chi connectivity index (χ2n) is 4.75. The molecule has 0 saturated carbocycles. The van der Waals surface area contributed by atoms with Gasteiger partial charge in [-0.1, -0.05) is 15.9 Å². The second-order valence-corrected chi connectivity index (χ2v) is 6.46. The van der Waals surface area contributed by atoms with Crippen molar-refractivity contribution in [2.75, 3.05) is 0 Å². The molecule has 0 aliphatic rings. The first kappa shape index (κ1) is 14.3. The number of carbonyl (C=O) groups excluding carboxylic acids is 1. The summed E-state index contributed by atoms with van der Waals surface area (Å²) in [6.45, 7) is 1.93. The van der Waals surface area contributed by atoms with Gasteiger partial charge in [0.15, 0.2) is 5.78 Å². The van der Waals surface area contributed by atoms with Crippen LogP contribution in [-0.2, 0) is 0 Å². The third kappa shape index (κ3) is 2.61. The van der Waals surface area contributed by atoms with Gasteiger partial charge in [0, 0.05) is 20.1 Å². The van der Waals surface area contributed by atoms with Gasteiger partial charge in [0.2, 0.25) is 0 Å². The largest absolute Gasteiger partial charge is 0.323 e. The summed E-state index contributed by atoms with van der Waals surface area (Å²) in [6, 6.07) is 8.87. The van der Waals surface area contributed by atoms with Crippen LogP contribution in [0.5, 0.6) is 0 Å². The van der Waals surface area contributed by atoms with Crippen molar-refractivity contribution in [2.24, 2.45) is 0 Å². The Morgan fingerprint density at radius 2 is 1.67 bits per heavy atom. The van der Waals surface area contributed by atoms with E-state index in [9.17, 15) is 9.59 Å². The van der Waals surface area contributed by atoms with Crippen molar-refractivity contribution in [3.05, 3.63) is 66.5 Å². The van der Waals surface area contributed by atoms with Gasteiger partial charge in [-0.25, -0.2) is 4.79 Å². The topological polar surface area (TPSA) is 65.7 Å². The lowest BCUT2D eigenvalue weighted by Gasteiger charge is -2.06. The molecule has 0 atom stereocenters. The summed E-state index contributed by atoms with van der Waals surface area (Å²) in [5, 5.41) is 0. The molecule has 0 bridgehead atoms. The Labute approximate surface area is 136 Å². The Bertz CT molecular complexity index is 925. The molecule has 106 valence electrons. The smallest absolute Gasteiger partial charge is 0.306 e. The number of hydrogen-bond acceptors (Lipinski definition) is 2. The maximum absolute atomic E-state index is 12.6. The van der Waals surface area contributed by atoms with Gasteiger partial charge in [0.1, 0.15) is 0 Å².